The van der Waals surface area contributed by atoms with E-state index in [1.807, 2.05) is 182 Å². The zero-order chi connectivity index (χ0) is 46.4. The highest BCUT2D eigenvalue weighted by molar-refractivity contribution is 6.11. The summed E-state index contributed by atoms with van der Waals surface area (Å²) in [5, 5.41) is 12.8. The van der Waals surface area contributed by atoms with Crippen molar-refractivity contribution in [2.75, 3.05) is 0 Å². The van der Waals surface area contributed by atoms with Crippen molar-refractivity contribution in [2.45, 2.75) is 13.1 Å². The Morgan fingerprint density at radius 1 is 0.426 bits per heavy atom. The molecule has 3 heterocycles. The Morgan fingerprint density at radius 2 is 0.868 bits per heavy atom. The Balaban J connectivity index is 1.28. The molecule has 8 aromatic carbocycles. The molecule has 68 heavy (non-hydrogen) atoms. The number of para-hydroxylation sites is 1. The topological polar surface area (TPSA) is 80.3 Å². The second kappa shape index (κ2) is 17.1. The van der Waals surface area contributed by atoms with Crippen LogP contribution in [0.2, 0.25) is 0 Å². The average Bonchev–Trinajstić information content (AvgIpc) is 3.72. The van der Waals surface area contributed by atoms with Crippen LogP contribution < -0.4 is 0 Å². The van der Waals surface area contributed by atoms with Gasteiger partial charge in [-0.25, -0.2) is 19.9 Å². The monoisotopic (exact) mass is 886 g/mol. The van der Waals surface area contributed by atoms with Crippen LogP contribution in [0, 0.1) is 18.3 Å². The highest BCUT2D eigenvalue weighted by Gasteiger charge is 2.31. The second-order valence-corrected chi connectivity index (χ2v) is 16.5. The third-order valence-electron chi connectivity index (χ3n) is 12.2. The van der Waals surface area contributed by atoms with Gasteiger partial charge in [0.25, 0.3) is 0 Å². The number of aryl methyl sites for hydroxylation is 1. The molecule has 0 aliphatic heterocycles. The molecular weight excluding hydrogens is 850 g/mol. The molecule has 0 radical (unpaired) electrons. The van der Waals surface area contributed by atoms with Gasteiger partial charge in [-0.3, -0.25) is 0 Å². The van der Waals surface area contributed by atoms with E-state index in [2.05, 4.69) is 16.7 Å². The molecule has 0 aliphatic rings. The predicted octanol–water partition coefficient (Wildman–Crippen LogP) is 15.2. The smallest absolute Gasteiger partial charge is 0.308 e. The first-order valence-electron chi connectivity index (χ1n) is 22.0. The summed E-state index contributed by atoms with van der Waals surface area (Å²) in [6.45, 7) is 1.70. The van der Waals surface area contributed by atoms with E-state index in [0.29, 0.717) is 67.9 Å². The van der Waals surface area contributed by atoms with Crippen LogP contribution in [0.25, 0.3) is 106 Å². The molecule has 0 aliphatic carbocycles. The summed E-state index contributed by atoms with van der Waals surface area (Å²) in [7, 11) is 0. The van der Waals surface area contributed by atoms with Gasteiger partial charge in [0.05, 0.1) is 56.7 Å². The molecule has 0 N–H and O–H groups in total. The Morgan fingerprint density at radius 3 is 1.31 bits per heavy atom. The summed E-state index contributed by atoms with van der Waals surface area (Å²) in [5.74, 6) is 0.725. The molecule has 3 aromatic heterocycles. The maximum absolute atomic E-state index is 13.9. The number of halogens is 3. The van der Waals surface area contributed by atoms with Crippen LogP contribution in [0.4, 0.5) is 13.2 Å². The van der Waals surface area contributed by atoms with Crippen LogP contribution in [0.15, 0.2) is 206 Å². The van der Waals surface area contributed by atoms with Crippen LogP contribution in [-0.2, 0) is 6.18 Å². The molecule has 0 saturated carbocycles. The van der Waals surface area contributed by atoms with Gasteiger partial charge in [0, 0.05) is 44.2 Å². The zero-order valence-electron chi connectivity index (χ0n) is 36.4. The van der Waals surface area contributed by atoms with E-state index in [1.54, 1.807) is 6.92 Å². The first-order valence-corrected chi connectivity index (χ1v) is 22.0. The van der Waals surface area contributed by atoms with E-state index in [1.165, 1.54) is 12.1 Å². The molecule has 0 saturated heterocycles. The number of fused-ring (bicyclic) bond motifs is 3. The maximum atomic E-state index is 13.9. The van der Waals surface area contributed by atoms with Crippen molar-refractivity contribution < 1.29 is 13.2 Å². The number of nitrogens with zero attached hydrogens (tertiary/aromatic N) is 6. The summed E-state index contributed by atoms with van der Waals surface area (Å²) in [5.41, 5.74) is 11.1. The minimum atomic E-state index is -4.48. The van der Waals surface area contributed by atoms with E-state index >= 15 is 0 Å². The van der Waals surface area contributed by atoms with Crippen molar-refractivity contribution in [1.82, 2.24) is 24.5 Å². The van der Waals surface area contributed by atoms with Gasteiger partial charge < -0.3 is 4.57 Å². The van der Waals surface area contributed by atoms with Gasteiger partial charge in [-0.05, 0) is 72.1 Å². The van der Waals surface area contributed by atoms with Crippen LogP contribution in [0.3, 0.4) is 0 Å². The summed E-state index contributed by atoms with van der Waals surface area (Å²) >= 11 is 0. The Bertz CT molecular complexity index is 3470. The molecule has 0 unspecified atom stereocenters. The van der Waals surface area contributed by atoms with Crippen molar-refractivity contribution >= 4 is 21.8 Å². The molecule has 0 amide bonds. The first-order chi connectivity index (χ1) is 33.2. The lowest BCUT2D eigenvalue weighted by atomic mass is 9.97. The van der Waals surface area contributed by atoms with Crippen molar-refractivity contribution in [3.8, 4) is 90.7 Å². The van der Waals surface area contributed by atoms with Crippen molar-refractivity contribution in [3.05, 3.63) is 223 Å². The van der Waals surface area contributed by atoms with Crippen LogP contribution in [0.5, 0.6) is 0 Å². The predicted molar refractivity (Wildman–Crippen MR) is 264 cm³/mol. The summed E-state index contributed by atoms with van der Waals surface area (Å²) in [6.07, 6.45) is -4.48. The molecule has 11 rings (SSSR count). The van der Waals surface area contributed by atoms with Gasteiger partial charge in [-0.1, -0.05) is 158 Å². The highest BCUT2D eigenvalue weighted by atomic mass is 19.4. The standard InChI is InChI=1S/C59H37F3N6/c1-37-30-44(59(60,61)62)27-29-45(37)43-26-28-47-46-24-14-15-25-54(46)68(55(47)33-43)56-48(57-64-50(39-16-6-2-7-17-39)34-51(65-57)40-18-8-3-9-19-40)31-38(36-63)32-49(56)58-66-52(41-20-10-4-11-21-41)35-53(67-58)42-22-12-5-13-23-42/h2-35H,1H3. The molecular formula is C59H37F3N6. The lowest BCUT2D eigenvalue weighted by molar-refractivity contribution is -0.137. The van der Waals surface area contributed by atoms with E-state index in [9.17, 15) is 18.4 Å². The number of hydrogen-bond donors (Lipinski definition) is 0. The normalized spacial score (nSPS) is 11.5. The van der Waals surface area contributed by atoms with Crippen LogP contribution >= 0.6 is 0 Å². The quantitative estimate of drug-likeness (QED) is 0.152. The van der Waals surface area contributed by atoms with E-state index in [4.69, 9.17) is 19.9 Å². The van der Waals surface area contributed by atoms with Gasteiger partial charge >= 0.3 is 6.18 Å². The first kappa shape index (κ1) is 41.7. The van der Waals surface area contributed by atoms with E-state index in [-0.39, 0.29) is 0 Å². The minimum absolute atomic E-state index is 0.338. The number of alkyl halides is 3. The van der Waals surface area contributed by atoms with Crippen molar-refractivity contribution in [3.63, 3.8) is 0 Å². The van der Waals surface area contributed by atoms with Crippen LogP contribution in [0.1, 0.15) is 16.7 Å². The Kier molecular flexibility index (Phi) is 10.5. The van der Waals surface area contributed by atoms with Gasteiger partial charge in [-0.15, -0.1) is 0 Å². The van der Waals surface area contributed by atoms with Crippen molar-refractivity contribution in [2.24, 2.45) is 0 Å². The molecule has 0 spiro atoms. The van der Waals surface area contributed by atoms with Gasteiger partial charge in [0.1, 0.15) is 0 Å². The molecule has 0 fully saturated rings. The average molecular weight is 887 g/mol. The van der Waals surface area contributed by atoms with Crippen molar-refractivity contribution in [1.29, 1.82) is 5.26 Å². The SMILES string of the molecule is Cc1cc(C(F)(F)F)ccc1-c1ccc2c3ccccc3n(-c3c(-c4nc(-c5ccccc5)cc(-c5ccccc5)n4)cc(C#N)cc3-c3nc(-c4ccccc4)cc(-c4ccccc4)n3)c2c1. The summed E-state index contributed by atoms with van der Waals surface area (Å²) in [4.78, 5) is 21.2. The van der Waals surface area contributed by atoms with E-state index < -0.39 is 11.7 Å². The maximum Gasteiger partial charge on any atom is 0.416 e. The fourth-order valence-electron chi connectivity index (χ4n) is 8.99. The Labute approximate surface area is 390 Å². The molecule has 324 valence electrons. The fourth-order valence-corrected chi connectivity index (χ4v) is 8.99. The second-order valence-electron chi connectivity index (χ2n) is 16.5. The van der Waals surface area contributed by atoms with Gasteiger partial charge in [-0.2, -0.15) is 18.4 Å². The van der Waals surface area contributed by atoms with Gasteiger partial charge in [0.2, 0.25) is 0 Å². The van der Waals surface area contributed by atoms with Gasteiger partial charge in [0.15, 0.2) is 11.6 Å². The molecule has 9 heteroatoms. The number of benzene rings is 8. The van der Waals surface area contributed by atoms with E-state index in [0.717, 1.165) is 55.7 Å². The summed E-state index contributed by atoms with van der Waals surface area (Å²) in [6, 6.07) is 67.5. The number of hydrogen-bond acceptors (Lipinski definition) is 5. The fraction of sp³-hybridized carbons (Fsp3) is 0.0339. The lowest BCUT2D eigenvalue weighted by Gasteiger charge is -2.20. The lowest BCUT2D eigenvalue weighted by Crippen LogP contribution is -2.07. The minimum Gasteiger partial charge on any atom is -0.308 e. The number of aromatic nitrogens is 5. The number of rotatable bonds is 8. The largest absolute Gasteiger partial charge is 0.416 e. The summed E-state index contributed by atoms with van der Waals surface area (Å²) < 4.78 is 43.9. The molecule has 0 atom stereocenters. The molecule has 6 nitrogen and oxygen atoms in total. The zero-order valence-corrected chi connectivity index (χ0v) is 36.4. The van der Waals surface area contributed by atoms with Crippen LogP contribution in [-0.4, -0.2) is 24.5 Å². The highest BCUT2D eigenvalue weighted by Crippen LogP contribution is 2.44. The third kappa shape index (κ3) is 7.74. The Hall–Kier alpha value is -9.00. The molecule has 0 bridgehead atoms. The number of nitriles is 1. The molecule has 11 aromatic rings. The third-order valence-corrected chi connectivity index (χ3v) is 12.2.